The van der Waals surface area contributed by atoms with Crippen LogP contribution in [0.25, 0.3) is 0 Å². The van der Waals surface area contributed by atoms with E-state index < -0.39 is 18.1 Å². The second-order valence-corrected chi connectivity index (χ2v) is 13.1. The van der Waals surface area contributed by atoms with Crippen molar-refractivity contribution in [3.05, 3.63) is 35.9 Å². The number of nitrogens with zero attached hydrogens (tertiary/aromatic N) is 2. The minimum atomic E-state index is -0.630. The molecule has 9 nitrogen and oxygen atoms in total. The van der Waals surface area contributed by atoms with Gasteiger partial charge in [-0.15, -0.1) is 0 Å². The van der Waals surface area contributed by atoms with E-state index in [1.807, 2.05) is 62.9 Å². The second-order valence-electron chi connectivity index (χ2n) is 13.1. The van der Waals surface area contributed by atoms with Crippen molar-refractivity contribution < 1.29 is 28.7 Å². The van der Waals surface area contributed by atoms with Gasteiger partial charge in [0.25, 0.3) is 0 Å². The van der Waals surface area contributed by atoms with E-state index in [2.05, 4.69) is 13.8 Å². The van der Waals surface area contributed by atoms with E-state index in [1.165, 1.54) is 7.11 Å². The number of hydrogen-bond acceptors (Lipinski definition) is 7. The summed E-state index contributed by atoms with van der Waals surface area (Å²) in [6, 6.07) is 8.59. The van der Waals surface area contributed by atoms with Crippen molar-refractivity contribution in [1.82, 2.24) is 9.80 Å². The lowest BCUT2D eigenvalue weighted by Crippen LogP contribution is -2.56. The van der Waals surface area contributed by atoms with Gasteiger partial charge < -0.3 is 25.0 Å². The van der Waals surface area contributed by atoms with Crippen LogP contribution in [0.1, 0.15) is 79.2 Å². The maximum absolute atomic E-state index is 13.9. The lowest BCUT2D eigenvalue weighted by atomic mass is 9.81. The molecule has 1 aromatic rings. The Balaban J connectivity index is 2.16. The standard InChI is InChI=1S/C35H57N3O6/c1-10-23(4)33(37(7)34(41)32(36)22(2)3)30(43-8)21-31(40)38-18-14-17-28(38)24(5)25(6)29(39)20-27(35(42)44-9)19-26-15-12-11-13-16-26/h11-13,15-16,22-25,27-28,30,32-33H,10,14,17-21,36H2,1-9H3/t23-,24+,25+,27+,28-,30+,32-,33-/m0/s1. The first-order chi connectivity index (χ1) is 20.8. The van der Waals surface area contributed by atoms with Crippen LogP contribution in [0.2, 0.25) is 0 Å². The molecule has 0 bridgehead atoms. The molecule has 2 amide bonds. The summed E-state index contributed by atoms with van der Waals surface area (Å²) in [4.78, 5) is 56.8. The first-order valence-corrected chi connectivity index (χ1v) is 16.3. The van der Waals surface area contributed by atoms with Gasteiger partial charge in [0.2, 0.25) is 11.8 Å². The van der Waals surface area contributed by atoms with Gasteiger partial charge in [-0.3, -0.25) is 19.2 Å². The summed E-state index contributed by atoms with van der Waals surface area (Å²) in [6.45, 7) is 12.5. The Bertz CT molecular complexity index is 1080. The number of carbonyl (C=O) groups excluding carboxylic acids is 4. The number of rotatable bonds is 17. The molecule has 2 rings (SSSR count). The van der Waals surface area contributed by atoms with Crippen LogP contribution in [0.4, 0.5) is 0 Å². The average Bonchev–Trinajstić information content (AvgIpc) is 3.52. The molecule has 1 fully saturated rings. The third-order valence-corrected chi connectivity index (χ3v) is 9.91. The van der Waals surface area contributed by atoms with Crippen LogP contribution in [0.5, 0.6) is 0 Å². The molecule has 0 aliphatic carbocycles. The number of nitrogens with two attached hydrogens (primary N) is 1. The topological polar surface area (TPSA) is 119 Å². The Labute approximate surface area is 265 Å². The number of likely N-dealkylation sites (tertiary alicyclic amines) is 1. The van der Waals surface area contributed by atoms with Crippen LogP contribution in [0.3, 0.4) is 0 Å². The number of methoxy groups -OCH3 is 2. The maximum atomic E-state index is 13.9. The highest BCUT2D eigenvalue weighted by Crippen LogP contribution is 2.32. The van der Waals surface area contributed by atoms with E-state index in [4.69, 9.17) is 15.2 Å². The molecule has 0 saturated carbocycles. The van der Waals surface area contributed by atoms with Gasteiger partial charge in [0.15, 0.2) is 0 Å². The van der Waals surface area contributed by atoms with E-state index in [0.717, 1.165) is 24.8 Å². The molecule has 0 radical (unpaired) electrons. The largest absolute Gasteiger partial charge is 0.469 e. The summed E-state index contributed by atoms with van der Waals surface area (Å²) in [6.07, 6.45) is 2.63. The molecule has 1 aromatic carbocycles. The van der Waals surface area contributed by atoms with E-state index in [0.29, 0.717) is 13.0 Å². The summed E-state index contributed by atoms with van der Waals surface area (Å²) in [5.74, 6) is -1.51. The molecule has 0 spiro atoms. The van der Waals surface area contributed by atoms with Crippen molar-refractivity contribution in [3.63, 3.8) is 0 Å². The SMILES string of the molecule is CC[C@H](C)[C@@H]([C@@H](CC(=O)N1CCC[C@H]1[C@H](C)[C@@H](C)C(=O)C[C@@H](Cc1ccccc1)C(=O)OC)OC)N(C)C(=O)[C@@H](N)C(C)C. The molecular formula is C35H57N3O6. The lowest BCUT2D eigenvalue weighted by molar-refractivity contribution is -0.148. The van der Waals surface area contributed by atoms with E-state index in [1.54, 1.807) is 19.1 Å². The highest BCUT2D eigenvalue weighted by atomic mass is 16.5. The van der Waals surface area contributed by atoms with Crippen molar-refractivity contribution in [1.29, 1.82) is 0 Å². The number of ether oxygens (including phenoxy) is 2. The van der Waals surface area contributed by atoms with Gasteiger partial charge in [-0.1, -0.05) is 78.3 Å². The minimum Gasteiger partial charge on any atom is -0.469 e. The predicted octanol–water partition coefficient (Wildman–Crippen LogP) is 4.50. The van der Waals surface area contributed by atoms with Crippen LogP contribution in [0.15, 0.2) is 30.3 Å². The average molecular weight is 616 g/mol. The maximum Gasteiger partial charge on any atom is 0.309 e. The zero-order valence-corrected chi connectivity index (χ0v) is 28.5. The van der Waals surface area contributed by atoms with Gasteiger partial charge in [-0.2, -0.15) is 0 Å². The smallest absolute Gasteiger partial charge is 0.309 e. The fraction of sp³-hybridized carbons (Fsp3) is 0.714. The molecule has 1 aliphatic heterocycles. The number of benzene rings is 1. The molecule has 248 valence electrons. The Kier molecular flexibility index (Phi) is 15.0. The van der Waals surface area contributed by atoms with Crippen molar-refractivity contribution in [2.75, 3.05) is 27.8 Å². The molecular weight excluding hydrogens is 558 g/mol. The van der Waals surface area contributed by atoms with Crippen LogP contribution in [-0.2, 0) is 35.1 Å². The van der Waals surface area contributed by atoms with Gasteiger partial charge in [-0.05, 0) is 42.6 Å². The monoisotopic (exact) mass is 615 g/mol. The number of likely N-dealkylation sites (N-methyl/N-ethyl adjacent to an activating group) is 1. The molecule has 2 N–H and O–H groups in total. The Morgan fingerprint density at radius 1 is 1.02 bits per heavy atom. The second kappa shape index (κ2) is 17.6. The number of carbonyl (C=O) groups is 4. The van der Waals surface area contributed by atoms with Gasteiger partial charge in [-0.25, -0.2) is 0 Å². The first-order valence-electron chi connectivity index (χ1n) is 16.3. The molecule has 0 aromatic heterocycles. The Morgan fingerprint density at radius 2 is 1.66 bits per heavy atom. The van der Waals surface area contributed by atoms with Crippen LogP contribution in [0, 0.1) is 29.6 Å². The number of amides is 2. The third kappa shape index (κ3) is 9.61. The van der Waals surface area contributed by atoms with Crippen molar-refractivity contribution in [2.24, 2.45) is 35.3 Å². The molecule has 0 unspecified atom stereocenters. The van der Waals surface area contributed by atoms with Crippen LogP contribution < -0.4 is 5.73 Å². The Morgan fingerprint density at radius 3 is 2.20 bits per heavy atom. The molecule has 9 heteroatoms. The minimum absolute atomic E-state index is 0.00337. The fourth-order valence-electron chi connectivity index (χ4n) is 6.55. The summed E-state index contributed by atoms with van der Waals surface area (Å²) in [5, 5.41) is 0. The van der Waals surface area contributed by atoms with Crippen molar-refractivity contribution >= 4 is 23.6 Å². The zero-order valence-electron chi connectivity index (χ0n) is 28.5. The number of ketones is 1. The zero-order chi connectivity index (χ0) is 33.1. The predicted molar refractivity (Wildman–Crippen MR) is 173 cm³/mol. The highest BCUT2D eigenvalue weighted by Gasteiger charge is 2.41. The summed E-state index contributed by atoms with van der Waals surface area (Å²) in [5.41, 5.74) is 7.20. The molecule has 1 heterocycles. The first kappa shape index (κ1) is 37.4. The van der Waals surface area contributed by atoms with E-state index in [9.17, 15) is 19.2 Å². The van der Waals surface area contributed by atoms with Crippen LogP contribution in [-0.4, -0.2) is 85.4 Å². The van der Waals surface area contributed by atoms with Crippen molar-refractivity contribution in [3.8, 4) is 0 Å². The summed E-state index contributed by atoms with van der Waals surface area (Å²) < 4.78 is 10.9. The van der Waals surface area contributed by atoms with Gasteiger partial charge in [0.1, 0.15) is 5.78 Å². The number of hydrogen-bond donors (Lipinski definition) is 1. The van der Waals surface area contributed by atoms with Gasteiger partial charge in [0.05, 0.1) is 37.6 Å². The lowest BCUT2D eigenvalue weighted by Gasteiger charge is -2.40. The summed E-state index contributed by atoms with van der Waals surface area (Å²) >= 11 is 0. The molecule has 8 atom stereocenters. The van der Waals surface area contributed by atoms with Crippen molar-refractivity contribution in [2.45, 2.75) is 104 Å². The summed E-state index contributed by atoms with van der Waals surface area (Å²) in [7, 11) is 4.70. The molecule has 44 heavy (non-hydrogen) atoms. The van der Waals surface area contributed by atoms with E-state index >= 15 is 0 Å². The van der Waals surface area contributed by atoms with E-state index in [-0.39, 0.29) is 72.2 Å². The van der Waals surface area contributed by atoms with Gasteiger partial charge in [0, 0.05) is 39.1 Å². The van der Waals surface area contributed by atoms with Crippen LogP contribution >= 0.6 is 0 Å². The fourth-order valence-corrected chi connectivity index (χ4v) is 6.55. The number of Topliss-reactive ketones (excluding diaryl/α,β-unsaturated/α-hetero) is 1. The highest BCUT2D eigenvalue weighted by molar-refractivity contribution is 5.86. The van der Waals surface area contributed by atoms with Gasteiger partial charge >= 0.3 is 5.97 Å². The third-order valence-electron chi connectivity index (χ3n) is 9.91. The molecule has 1 saturated heterocycles. The number of esters is 1. The normalized spacial score (nSPS) is 19.9. The Hall–Kier alpha value is -2.78. The quantitative estimate of drug-likeness (QED) is 0.256. The molecule has 1 aliphatic rings.